The summed E-state index contributed by atoms with van der Waals surface area (Å²) in [5, 5.41) is 3.36. The summed E-state index contributed by atoms with van der Waals surface area (Å²) in [6.45, 7) is 7.80. The molecule has 1 heterocycles. The van der Waals surface area contributed by atoms with Gasteiger partial charge in [0, 0.05) is 31.9 Å². The van der Waals surface area contributed by atoms with E-state index in [0.29, 0.717) is 11.8 Å². The summed E-state index contributed by atoms with van der Waals surface area (Å²) in [5.41, 5.74) is 1.29. The highest BCUT2D eigenvalue weighted by Crippen LogP contribution is 2.25. The molecule has 1 N–H and O–H groups in total. The Kier molecular flexibility index (Phi) is 8.15. The Labute approximate surface area is 138 Å². The van der Waals surface area contributed by atoms with Gasteiger partial charge in [-0.1, -0.05) is 44.2 Å². The molecule has 1 aliphatic heterocycles. The molecule has 1 aliphatic rings. The summed E-state index contributed by atoms with van der Waals surface area (Å²) >= 11 is 1.77. The lowest BCUT2D eigenvalue weighted by atomic mass is 10.1. The summed E-state index contributed by atoms with van der Waals surface area (Å²) in [4.78, 5) is 14.7. The normalized spacial score (nSPS) is 16.4. The number of nitrogens with zero attached hydrogens (tertiary/aromatic N) is 1. The first kappa shape index (κ1) is 18.3. The van der Waals surface area contributed by atoms with E-state index in [1.54, 1.807) is 11.8 Å². The number of piperazine rings is 1. The number of carbonyl (C=O) groups excluding carboxylic acids is 1. The first-order valence-corrected chi connectivity index (χ1v) is 8.38. The highest BCUT2D eigenvalue weighted by atomic mass is 35.5. The Morgan fingerprint density at radius 3 is 2.43 bits per heavy atom. The minimum atomic E-state index is 0. The van der Waals surface area contributed by atoms with Crippen molar-refractivity contribution in [2.24, 2.45) is 5.92 Å². The van der Waals surface area contributed by atoms with Crippen LogP contribution in [0, 0.1) is 5.92 Å². The number of benzene rings is 1. The third-order valence-corrected chi connectivity index (χ3v) is 5.16. The van der Waals surface area contributed by atoms with Crippen LogP contribution in [0.2, 0.25) is 0 Å². The molecule has 118 valence electrons. The van der Waals surface area contributed by atoms with Crippen molar-refractivity contribution in [3.8, 4) is 0 Å². The highest BCUT2D eigenvalue weighted by Gasteiger charge is 2.28. The second kappa shape index (κ2) is 9.34. The molecule has 0 radical (unpaired) electrons. The maximum atomic E-state index is 12.6. The Balaban J connectivity index is 0.00000220. The van der Waals surface area contributed by atoms with Crippen LogP contribution < -0.4 is 5.32 Å². The minimum absolute atomic E-state index is 0. The number of thioether (sulfide) groups is 1. The van der Waals surface area contributed by atoms with E-state index in [1.807, 2.05) is 11.0 Å². The van der Waals surface area contributed by atoms with Crippen LogP contribution in [0.1, 0.15) is 19.4 Å². The van der Waals surface area contributed by atoms with E-state index in [1.165, 1.54) is 5.56 Å². The largest absolute Gasteiger partial charge is 0.339 e. The zero-order valence-electron chi connectivity index (χ0n) is 12.7. The van der Waals surface area contributed by atoms with Crippen LogP contribution in [0.4, 0.5) is 0 Å². The van der Waals surface area contributed by atoms with Gasteiger partial charge in [-0.25, -0.2) is 0 Å². The average molecular weight is 329 g/mol. The number of carbonyl (C=O) groups is 1. The van der Waals surface area contributed by atoms with Gasteiger partial charge in [-0.15, -0.1) is 24.2 Å². The van der Waals surface area contributed by atoms with Gasteiger partial charge < -0.3 is 10.2 Å². The molecule has 1 unspecified atom stereocenters. The molecule has 1 atom stereocenters. The lowest BCUT2D eigenvalue weighted by Crippen LogP contribution is -2.50. The third-order valence-electron chi connectivity index (χ3n) is 3.55. The number of amides is 1. The van der Waals surface area contributed by atoms with E-state index in [2.05, 4.69) is 43.4 Å². The zero-order chi connectivity index (χ0) is 14.4. The van der Waals surface area contributed by atoms with Crippen molar-refractivity contribution in [3.05, 3.63) is 35.9 Å². The fourth-order valence-corrected chi connectivity index (χ4v) is 3.62. The van der Waals surface area contributed by atoms with Gasteiger partial charge in [0.25, 0.3) is 0 Å². The highest BCUT2D eigenvalue weighted by molar-refractivity contribution is 7.99. The van der Waals surface area contributed by atoms with Gasteiger partial charge in [0.15, 0.2) is 0 Å². The van der Waals surface area contributed by atoms with Crippen LogP contribution in [0.5, 0.6) is 0 Å². The summed E-state index contributed by atoms with van der Waals surface area (Å²) in [6.07, 6.45) is 0. The third kappa shape index (κ3) is 5.53. The van der Waals surface area contributed by atoms with E-state index in [4.69, 9.17) is 0 Å². The number of rotatable bonds is 5. The van der Waals surface area contributed by atoms with Crippen molar-refractivity contribution in [1.82, 2.24) is 10.2 Å². The van der Waals surface area contributed by atoms with Gasteiger partial charge in [-0.05, 0) is 11.5 Å². The standard InChI is InChI=1S/C16H24N2OS.ClH/c1-13(2)15(16(19)18-10-8-17-9-11-18)20-12-14-6-4-3-5-7-14;/h3-7,13,15,17H,8-12H2,1-2H3;1H. The van der Waals surface area contributed by atoms with Crippen LogP contribution >= 0.6 is 24.2 Å². The molecule has 1 aromatic rings. The van der Waals surface area contributed by atoms with Crippen molar-refractivity contribution in [2.75, 3.05) is 26.2 Å². The van der Waals surface area contributed by atoms with Gasteiger partial charge >= 0.3 is 0 Å². The second-order valence-corrected chi connectivity index (χ2v) is 6.67. The summed E-state index contributed by atoms with van der Waals surface area (Å²) in [6, 6.07) is 10.4. The molecule has 0 spiro atoms. The summed E-state index contributed by atoms with van der Waals surface area (Å²) < 4.78 is 0. The molecule has 1 amide bonds. The van der Waals surface area contributed by atoms with E-state index in [9.17, 15) is 4.79 Å². The number of nitrogens with one attached hydrogen (secondary N) is 1. The van der Waals surface area contributed by atoms with Crippen molar-refractivity contribution >= 4 is 30.1 Å². The molecule has 1 aromatic carbocycles. The van der Waals surface area contributed by atoms with E-state index < -0.39 is 0 Å². The monoisotopic (exact) mass is 328 g/mol. The average Bonchev–Trinajstić information content (AvgIpc) is 2.49. The van der Waals surface area contributed by atoms with Crippen LogP contribution in [0.3, 0.4) is 0 Å². The molecule has 0 saturated carbocycles. The SMILES string of the molecule is CC(C)C(SCc1ccccc1)C(=O)N1CCNCC1.Cl. The molecule has 0 bridgehead atoms. The Morgan fingerprint density at radius 2 is 1.86 bits per heavy atom. The van der Waals surface area contributed by atoms with Crippen LogP contribution in [-0.4, -0.2) is 42.2 Å². The van der Waals surface area contributed by atoms with Gasteiger partial charge in [-0.3, -0.25) is 4.79 Å². The summed E-state index contributed by atoms with van der Waals surface area (Å²) in [7, 11) is 0. The van der Waals surface area contributed by atoms with Crippen molar-refractivity contribution < 1.29 is 4.79 Å². The van der Waals surface area contributed by atoms with Crippen molar-refractivity contribution in [2.45, 2.75) is 24.9 Å². The fraction of sp³-hybridized carbons (Fsp3) is 0.562. The number of hydrogen-bond acceptors (Lipinski definition) is 3. The van der Waals surface area contributed by atoms with Gasteiger partial charge in [0.1, 0.15) is 0 Å². The smallest absolute Gasteiger partial charge is 0.236 e. The summed E-state index contributed by atoms with van der Waals surface area (Å²) in [5.74, 6) is 1.58. The molecule has 0 aliphatic carbocycles. The van der Waals surface area contributed by atoms with Crippen LogP contribution in [0.25, 0.3) is 0 Å². The van der Waals surface area contributed by atoms with Gasteiger partial charge in [0.05, 0.1) is 5.25 Å². The minimum Gasteiger partial charge on any atom is -0.339 e. The molecule has 0 aromatic heterocycles. The predicted molar refractivity (Wildman–Crippen MR) is 93.1 cm³/mol. The maximum Gasteiger partial charge on any atom is 0.236 e. The Bertz CT molecular complexity index is 422. The van der Waals surface area contributed by atoms with Crippen molar-refractivity contribution in [3.63, 3.8) is 0 Å². The topological polar surface area (TPSA) is 32.3 Å². The van der Waals surface area contributed by atoms with E-state index in [-0.39, 0.29) is 17.7 Å². The lowest BCUT2D eigenvalue weighted by Gasteiger charge is -2.32. The first-order valence-electron chi connectivity index (χ1n) is 7.33. The van der Waals surface area contributed by atoms with Crippen molar-refractivity contribution in [1.29, 1.82) is 0 Å². The molecule has 1 saturated heterocycles. The molecular formula is C16H25ClN2OS. The van der Waals surface area contributed by atoms with Crippen LogP contribution in [0.15, 0.2) is 30.3 Å². The number of halogens is 1. The molecule has 21 heavy (non-hydrogen) atoms. The maximum absolute atomic E-state index is 12.6. The molecule has 2 rings (SSSR count). The quantitative estimate of drug-likeness (QED) is 0.902. The van der Waals surface area contributed by atoms with E-state index in [0.717, 1.165) is 31.9 Å². The van der Waals surface area contributed by atoms with Crippen LogP contribution in [-0.2, 0) is 10.5 Å². The second-order valence-electron chi connectivity index (χ2n) is 5.54. The Morgan fingerprint density at radius 1 is 1.24 bits per heavy atom. The first-order chi connectivity index (χ1) is 9.68. The van der Waals surface area contributed by atoms with Gasteiger partial charge in [-0.2, -0.15) is 0 Å². The fourth-order valence-electron chi connectivity index (χ4n) is 2.37. The molecule has 1 fully saturated rings. The van der Waals surface area contributed by atoms with Gasteiger partial charge in [0.2, 0.25) is 5.91 Å². The molecule has 3 nitrogen and oxygen atoms in total. The number of hydrogen-bond donors (Lipinski definition) is 1. The Hall–Kier alpha value is -0.710. The lowest BCUT2D eigenvalue weighted by molar-refractivity contribution is -0.131. The molecule has 5 heteroatoms. The van der Waals surface area contributed by atoms with E-state index >= 15 is 0 Å². The predicted octanol–water partition coefficient (Wildman–Crippen LogP) is 2.80. The zero-order valence-corrected chi connectivity index (χ0v) is 14.4. The molecular weight excluding hydrogens is 304 g/mol.